The Morgan fingerprint density at radius 1 is 1.45 bits per heavy atom. The maximum absolute atomic E-state index is 12.0. The predicted octanol–water partition coefficient (Wildman–Crippen LogP) is 3.19. The molecule has 0 bridgehead atoms. The van der Waals surface area contributed by atoms with Gasteiger partial charge in [-0.25, -0.2) is 4.98 Å². The highest BCUT2D eigenvalue weighted by Crippen LogP contribution is 2.24. The number of nitrogens with one attached hydrogen (secondary N) is 2. The van der Waals surface area contributed by atoms with Crippen LogP contribution in [0.4, 0.5) is 0 Å². The Hall–Kier alpha value is -0.360. The van der Waals surface area contributed by atoms with Crippen LogP contribution >= 0.6 is 36.2 Å². The molecule has 1 aromatic rings. The molecule has 1 amide bonds. The van der Waals surface area contributed by atoms with E-state index in [4.69, 9.17) is 0 Å². The normalized spacial score (nSPS) is 16.3. The minimum atomic E-state index is 0. The number of aryl methyl sites for hydroxylation is 1. The fourth-order valence-corrected chi connectivity index (χ4v) is 3.51. The lowest BCUT2D eigenvalue weighted by Gasteiger charge is -2.27. The van der Waals surface area contributed by atoms with Crippen LogP contribution in [0.15, 0.2) is 6.20 Å². The summed E-state index contributed by atoms with van der Waals surface area (Å²) in [6.07, 6.45) is 5.94. The van der Waals surface area contributed by atoms with Gasteiger partial charge >= 0.3 is 0 Å². The van der Waals surface area contributed by atoms with Gasteiger partial charge < -0.3 is 10.6 Å². The lowest BCUT2D eigenvalue weighted by Crippen LogP contribution is -2.33. The Bertz CT molecular complexity index is 436. The van der Waals surface area contributed by atoms with Gasteiger partial charge in [-0.15, -0.1) is 36.2 Å². The summed E-state index contributed by atoms with van der Waals surface area (Å²) in [5.74, 6) is 1.32. The first-order chi connectivity index (χ1) is 9.69. The lowest BCUT2D eigenvalue weighted by molar-refractivity contribution is -0.122. The molecule has 2 heterocycles. The van der Waals surface area contributed by atoms with E-state index < -0.39 is 0 Å². The van der Waals surface area contributed by atoms with Gasteiger partial charge in [-0.3, -0.25) is 4.79 Å². The first-order valence-electron chi connectivity index (χ1n) is 7.60. The van der Waals surface area contributed by atoms with E-state index in [1.165, 1.54) is 17.7 Å². The number of carbonyl (C=O) groups excluding carboxylic acids is 1. The molecule has 0 saturated carbocycles. The Kier molecular flexibility index (Phi) is 11.0. The highest BCUT2D eigenvalue weighted by Gasteiger charge is 2.21. The van der Waals surface area contributed by atoms with Crippen molar-refractivity contribution in [1.29, 1.82) is 0 Å². The van der Waals surface area contributed by atoms with Gasteiger partial charge in [-0.05, 0) is 44.2 Å². The third kappa shape index (κ3) is 6.82. The molecule has 0 aliphatic carbocycles. The zero-order valence-corrected chi connectivity index (χ0v) is 15.7. The van der Waals surface area contributed by atoms with Gasteiger partial charge in [-0.1, -0.05) is 13.8 Å². The number of halogens is 2. The Morgan fingerprint density at radius 2 is 2.14 bits per heavy atom. The molecule has 1 fully saturated rings. The number of hydrogen-bond donors (Lipinski definition) is 2. The Morgan fingerprint density at radius 3 is 2.73 bits per heavy atom. The molecule has 1 aliphatic heterocycles. The van der Waals surface area contributed by atoms with Crippen molar-refractivity contribution in [2.75, 3.05) is 13.1 Å². The van der Waals surface area contributed by atoms with Gasteiger partial charge in [0.05, 0.1) is 6.54 Å². The first-order valence-corrected chi connectivity index (χ1v) is 8.41. The van der Waals surface area contributed by atoms with Crippen molar-refractivity contribution in [3.05, 3.63) is 16.1 Å². The summed E-state index contributed by atoms with van der Waals surface area (Å²) in [7, 11) is 0. The molecule has 0 spiro atoms. The third-order valence-corrected chi connectivity index (χ3v) is 5.22. The molecule has 7 heteroatoms. The summed E-state index contributed by atoms with van der Waals surface area (Å²) < 4.78 is 0. The van der Waals surface area contributed by atoms with Crippen LogP contribution in [0.2, 0.25) is 0 Å². The highest BCUT2D eigenvalue weighted by atomic mass is 35.5. The van der Waals surface area contributed by atoms with Crippen LogP contribution in [0.5, 0.6) is 0 Å². The third-order valence-electron chi connectivity index (χ3n) is 4.08. The molecular formula is C15H27Cl2N3OS. The monoisotopic (exact) mass is 367 g/mol. The van der Waals surface area contributed by atoms with Crippen LogP contribution in [-0.4, -0.2) is 24.0 Å². The van der Waals surface area contributed by atoms with Crippen molar-refractivity contribution in [3.8, 4) is 0 Å². The van der Waals surface area contributed by atoms with Gasteiger partial charge in [0.2, 0.25) is 5.91 Å². The molecule has 1 atom stereocenters. The maximum atomic E-state index is 12.0. The molecule has 0 aromatic carbocycles. The molecular weight excluding hydrogens is 341 g/mol. The fraction of sp³-hybridized carbons (Fsp3) is 0.733. The number of piperidine rings is 1. The minimum absolute atomic E-state index is 0. The standard InChI is InChI=1S/C15H25N3OS.2ClH/c1-3-13-9-18-15(20-13)10-17-14(19)8-11(2)12-4-6-16-7-5-12;;/h9,11-12,16H,3-8,10H2,1-2H3,(H,17,19);2*1H. The average molecular weight is 368 g/mol. The predicted molar refractivity (Wildman–Crippen MR) is 97.2 cm³/mol. The first kappa shape index (κ1) is 21.6. The summed E-state index contributed by atoms with van der Waals surface area (Å²) in [6, 6.07) is 0. The van der Waals surface area contributed by atoms with E-state index in [-0.39, 0.29) is 30.7 Å². The summed E-state index contributed by atoms with van der Waals surface area (Å²) in [6.45, 7) is 7.08. The second kappa shape index (κ2) is 11.2. The molecule has 0 radical (unpaired) electrons. The highest BCUT2D eigenvalue weighted by molar-refractivity contribution is 7.11. The molecule has 1 aromatic heterocycles. The second-order valence-electron chi connectivity index (χ2n) is 5.62. The topological polar surface area (TPSA) is 54.0 Å². The summed E-state index contributed by atoms with van der Waals surface area (Å²) in [4.78, 5) is 17.6. The van der Waals surface area contributed by atoms with E-state index in [2.05, 4.69) is 29.5 Å². The van der Waals surface area contributed by atoms with E-state index in [1.807, 2.05) is 6.20 Å². The van der Waals surface area contributed by atoms with Crippen LogP contribution < -0.4 is 10.6 Å². The number of rotatable bonds is 6. The smallest absolute Gasteiger partial charge is 0.220 e. The largest absolute Gasteiger partial charge is 0.350 e. The molecule has 1 unspecified atom stereocenters. The average Bonchev–Trinajstić information content (AvgIpc) is 2.94. The van der Waals surface area contributed by atoms with Gasteiger partial charge in [-0.2, -0.15) is 0 Å². The lowest BCUT2D eigenvalue weighted by atomic mass is 9.84. The van der Waals surface area contributed by atoms with Crippen molar-refractivity contribution in [1.82, 2.24) is 15.6 Å². The van der Waals surface area contributed by atoms with E-state index >= 15 is 0 Å². The molecule has 2 rings (SSSR count). The Balaban J connectivity index is 0.00000220. The molecule has 1 saturated heterocycles. The Labute approximate surface area is 149 Å². The zero-order valence-electron chi connectivity index (χ0n) is 13.3. The van der Waals surface area contributed by atoms with Crippen molar-refractivity contribution < 1.29 is 4.79 Å². The molecule has 4 nitrogen and oxygen atoms in total. The van der Waals surface area contributed by atoms with Crippen LogP contribution in [0.1, 0.15) is 43.0 Å². The number of carbonyl (C=O) groups is 1. The van der Waals surface area contributed by atoms with Crippen molar-refractivity contribution in [2.24, 2.45) is 11.8 Å². The van der Waals surface area contributed by atoms with Crippen molar-refractivity contribution in [2.45, 2.75) is 46.1 Å². The summed E-state index contributed by atoms with van der Waals surface area (Å²) in [5.41, 5.74) is 0. The SMILES string of the molecule is CCc1cnc(CNC(=O)CC(C)C2CCNCC2)s1.Cl.Cl. The summed E-state index contributed by atoms with van der Waals surface area (Å²) in [5, 5.41) is 7.37. The maximum Gasteiger partial charge on any atom is 0.220 e. The van der Waals surface area contributed by atoms with Gasteiger partial charge in [0.1, 0.15) is 5.01 Å². The number of amides is 1. The van der Waals surface area contributed by atoms with Crippen molar-refractivity contribution >= 4 is 42.1 Å². The molecule has 128 valence electrons. The van der Waals surface area contributed by atoms with Crippen molar-refractivity contribution in [3.63, 3.8) is 0 Å². The van der Waals surface area contributed by atoms with Gasteiger partial charge in [0.15, 0.2) is 0 Å². The van der Waals surface area contributed by atoms with E-state index in [0.29, 0.717) is 24.8 Å². The van der Waals surface area contributed by atoms with Crippen LogP contribution in [-0.2, 0) is 17.8 Å². The quantitative estimate of drug-likeness (QED) is 0.811. The van der Waals surface area contributed by atoms with Crippen LogP contribution in [0.25, 0.3) is 0 Å². The number of nitrogens with zero attached hydrogens (tertiary/aromatic N) is 1. The van der Waals surface area contributed by atoms with Gasteiger partial charge in [0.25, 0.3) is 0 Å². The van der Waals surface area contributed by atoms with E-state index in [1.54, 1.807) is 11.3 Å². The minimum Gasteiger partial charge on any atom is -0.350 e. The van der Waals surface area contributed by atoms with E-state index in [0.717, 1.165) is 24.5 Å². The molecule has 2 N–H and O–H groups in total. The fourth-order valence-electron chi connectivity index (χ4n) is 2.71. The van der Waals surface area contributed by atoms with Gasteiger partial charge in [0, 0.05) is 17.5 Å². The molecule has 22 heavy (non-hydrogen) atoms. The zero-order chi connectivity index (χ0) is 14.4. The number of hydrogen-bond acceptors (Lipinski definition) is 4. The number of aromatic nitrogens is 1. The summed E-state index contributed by atoms with van der Waals surface area (Å²) >= 11 is 1.69. The molecule has 1 aliphatic rings. The van der Waals surface area contributed by atoms with Crippen LogP contribution in [0.3, 0.4) is 0 Å². The second-order valence-corrected chi connectivity index (χ2v) is 6.82. The number of thiazole rings is 1. The van der Waals surface area contributed by atoms with Crippen LogP contribution in [0, 0.1) is 11.8 Å². The van der Waals surface area contributed by atoms with E-state index in [9.17, 15) is 4.79 Å².